The first-order valence-electron chi connectivity index (χ1n) is 11.8. The maximum Gasteiger partial charge on any atom is 0.455 e. The number of phenols is 1. The summed E-state index contributed by atoms with van der Waals surface area (Å²) in [7, 11) is 0.0726. The topological polar surface area (TPSA) is 113 Å². The van der Waals surface area contributed by atoms with Gasteiger partial charge in [0.25, 0.3) is 0 Å². The number of imide groups is 3. The van der Waals surface area contributed by atoms with E-state index in [1.54, 1.807) is 12.1 Å². The van der Waals surface area contributed by atoms with E-state index in [2.05, 4.69) is 20.7 Å². The van der Waals surface area contributed by atoms with Gasteiger partial charge in [0.1, 0.15) is 5.75 Å². The van der Waals surface area contributed by atoms with Crippen molar-refractivity contribution in [3.63, 3.8) is 0 Å². The minimum absolute atomic E-state index is 0.186. The zero-order chi connectivity index (χ0) is 25.4. The van der Waals surface area contributed by atoms with E-state index in [1.165, 1.54) is 0 Å². The number of ether oxygens (including phenoxy) is 1. The molecule has 0 radical (unpaired) electrons. The van der Waals surface area contributed by atoms with E-state index < -0.39 is 43.0 Å². The fourth-order valence-electron chi connectivity index (χ4n) is 5.71. The number of hydrogen-bond donors (Lipinski definition) is 2. The van der Waals surface area contributed by atoms with Gasteiger partial charge >= 0.3 is 13.2 Å². The molecule has 1 aliphatic carbocycles. The highest BCUT2D eigenvalue weighted by Crippen LogP contribution is 2.51. The van der Waals surface area contributed by atoms with Crippen LogP contribution >= 0.6 is 15.9 Å². The summed E-state index contributed by atoms with van der Waals surface area (Å²) in [6.07, 6.45) is 3.04. The average Bonchev–Trinajstić information content (AvgIpc) is 3.08. The van der Waals surface area contributed by atoms with Gasteiger partial charge in [-0.3, -0.25) is 9.59 Å². The highest BCUT2D eigenvalue weighted by atomic mass is 79.9. The van der Waals surface area contributed by atoms with Gasteiger partial charge in [-0.25, -0.2) is 4.79 Å². The van der Waals surface area contributed by atoms with E-state index in [0.29, 0.717) is 36.1 Å². The lowest BCUT2D eigenvalue weighted by atomic mass is 9.58. The molecule has 0 bridgehead atoms. The number of phenolic OH excluding ortho intramolecular Hbond substituents is 1. The maximum atomic E-state index is 13.2. The lowest BCUT2D eigenvalue weighted by Crippen LogP contribution is -2.46. The number of amides is 3. The lowest BCUT2D eigenvalue weighted by molar-refractivity contribution is -0.137. The number of fused-ring (bicyclic) bond motifs is 3. The molecule has 3 aliphatic rings. The number of carbonyl (C=O) groups is 3. The van der Waals surface area contributed by atoms with Gasteiger partial charge in [-0.2, -0.15) is 4.90 Å². The van der Waals surface area contributed by atoms with Crippen LogP contribution in [-0.4, -0.2) is 53.3 Å². The highest BCUT2D eigenvalue weighted by Gasteiger charge is 2.58. The van der Waals surface area contributed by atoms with Gasteiger partial charge in [0.05, 0.1) is 25.0 Å². The normalized spacial score (nSPS) is 26.7. The zero-order valence-electron chi connectivity index (χ0n) is 20.0. The monoisotopic (exact) mass is 545 g/mol. The van der Waals surface area contributed by atoms with Gasteiger partial charge in [0.15, 0.2) is 0 Å². The summed E-state index contributed by atoms with van der Waals surface area (Å²) >= 11 is 3.42. The standard InChI is InChI=1S/C25H29BBrNO7/c1-4-14-11-17-22(24(31)28(23(17)30)25(32)34-3)18-12-26(33)35-20(21(14)18)8-5-13(2)9-15-10-16(27)6-7-19(15)29/h6-7,9-10,17-18,20,22,29,33H,4-5,8,11-12H2,1-3H3/b13-9+/t17-,18+,20-,22-/m1/s1. The van der Waals surface area contributed by atoms with Gasteiger partial charge in [-0.15, -0.1) is 0 Å². The Morgan fingerprint density at radius 3 is 2.74 bits per heavy atom. The SMILES string of the molecule is CCC1=C2[C@@H](CC/C(C)=C/c3cc(Br)ccc3O)OB(O)C[C@@H]2[C@@H]2C(=O)N(C(=O)OC)C(=O)[C@@H]2C1. The number of carbonyl (C=O) groups excluding carboxylic acids is 3. The van der Waals surface area contributed by atoms with Crippen LogP contribution < -0.4 is 0 Å². The van der Waals surface area contributed by atoms with Crippen LogP contribution in [0.15, 0.2) is 39.4 Å². The van der Waals surface area contributed by atoms with Crippen molar-refractivity contribution in [3.8, 4) is 5.75 Å². The predicted octanol–water partition coefficient (Wildman–Crippen LogP) is 4.31. The molecule has 2 aliphatic heterocycles. The Kier molecular flexibility index (Phi) is 7.54. The summed E-state index contributed by atoms with van der Waals surface area (Å²) in [5.41, 5.74) is 3.75. The summed E-state index contributed by atoms with van der Waals surface area (Å²) in [6, 6.07) is 5.23. The molecule has 2 heterocycles. The van der Waals surface area contributed by atoms with Gasteiger partial charge in [-0.1, -0.05) is 40.1 Å². The van der Waals surface area contributed by atoms with Crippen LogP contribution in [0.4, 0.5) is 4.79 Å². The third-order valence-electron chi connectivity index (χ3n) is 7.28. The molecular weight excluding hydrogens is 517 g/mol. The van der Waals surface area contributed by atoms with Crippen molar-refractivity contribution in [3.05, 3.63) is 45.0 Å². The van der Waals surface area contributed by atoms with E-state index in [1.807, 2.05) is 26.0 Å². The Bertz CT molecular complexity index is 1120. The Labute approximate surface area is 213 Å². The van der Waals surface area contributed by atoms with Crippen LogP contribution in [0, 0.1) is 17.8 Å². The fourth-order valence-corrected chi connectivity index (χ4v) is 6.09. The second kappa shape index (κ2) is 10.3. The molecule has 186 valence electrons. The molecule has 10 heteroatoms. The molecule has 3 amide bonds. The Morgan fingerprint density at radius 2 is 2.06 bits per heavy atom. The van der Waals surface area contributed by atoms with Crippen LogP contribution in [0.2, 0.25) is 6.32 Å². The molecule has 1 aromatic rings. The molecule has 8 nitrogen and oxygen atoms in total. The molecule has 4 atom stereocenters. The number of benzene rings is 1. The van der Waals surface area contributed by atoms with Gasteiger partial charge in [0.2, 0.25) is 11.8 Å². The number of methoxy groups -OCH3 is 1. The van der Waals surface area contributed by atoms with Gasteiger partial charge in [0, 0.05) is 10.0 Å². The maximum absolute atomic E-state index is 13.2. The molecule has 35 heavy (non-hydrogen) atoms. The first kappa shape index (κ1) is 25.7. The van der Waals surface area contributed by atoms with Crippen LogP contribution in [-0.2, 0) is 19.0 Å². The number of nitrogens with zero attached hydrogens (tertiary/aromatic N) is 1. The third kappa shape index (κ3) is 4.84. The number of halogens is 1. The number of hydrogen-bond acceptors (Lipinski definition) is 7. The summed E-state index contributed by atoms with van der Waals surface area (Å²) in [4.78, 5) is 38.9. The van der Waals surface area contributed by atoms with Crippen LogP contribution in [0.3, 0.4) is 0 Å². The molecule has 0 unspecified atom stereocenters. The van der Waals surface area contributed by atoms with Crippen LogP contribution in [0.25, 0.3) is 6.08 Å². The van der Waals surface area contributed by atoms with Crippen molar-refractivity contribution in [1.29, 1.82) is 0 Å². The molecule has 2 N–H and O–H groups in total. The predicted molar refractivity (Wildman–Crippen MR) is 133 cm³/mol. The van der Waals surface area contributed by atoms with E-state index in [4.69, 9.17) is 4.65 Å². The lowest BCUT2D eigenvalue weighted by Gasteiger charge is -2.43. The fraction of sp³-hybridized carbons (Fsp3) is 0.480. The molecule has 4 rings (SSSR count). The Hall–Kier alpha value is -2.43. The second-order valence-corrected chi connectivity index (χ2v) is 10.3. The third-order valence-corrected chi connectivity index (χ3v) is 7.78. The van der Waals surface area contributed by atoms with Crippen molar-refractivity contribution < 1.29 is 33.9 Å². The number of allylic oxidation sites excluding steroid dienone is 2. The Morgan fingerprint density at radius 1 is 1.31 bits per heavy atom. The van der Waals surface area contributed by atoms with Crippen molar-refractivity contribution in [2.75, 3.05) is 7.11 Å². The molecule has 1 aromatic carbocycles. The zero-order valence-corrected chi connectivity index (χ0v) is 21.6. The summed E-state index contributed by atoms with van der Waals surface area (Å²) in [6.45, 7) is 3.97. The summed E-state index contributed by atoms with van der Waals surface area (Å²) < 4.78 is 11.5. The van der Waals surface area contributed by atoms with Crippen LogP contribution in [0.1, 0.15) is 45.1 Å². The minimum atomic E-state index is -1.07. The van der Waals surface area contributed by atoms with Crippen LogP contribution in [0.5, 0.6) is 5.75 Å². The van der Waals surface area contributed by atoms with E-state index in [-0.39, 0.29) is 18.0 Å². The first-order valence-corrected chi connectivity index (χ1v) is 12.6. The van der Waals surface area contributed by atoms with Gasteiger partial charge in [-0.05, 0) is 68.6 Å². The largest absolute Gasteiger partial charge is 0.507 e. The quantitative estimate of drug-likeness (QED) is 0.322. The average molecular weight is 546 g/mol. The number of rotatable bonds is 5. The summed E-state index contributed by atoms with van der Waals surface area (Å²) in [5.74, 6) is -2.60. The smallest absolute Gasteiger partial charge is 0.455 e. The molecule has 2 fully saturated rings. The molecule has 0 spiro atoms. The Balaban J connectivity index is 1.60. The van der Waals surface area contributed by atoms with E-state index in [0.717, 1.165) is 28.3 Å². The second-order valence-electron chi connectivity index (χ2n) is 9.38. The molecule has 0 saturated carbocycles. The highest BCUT2D eigenvalue weighted by molar-refractivity contribution is 9.10. The van der Waals surface area contributed by atoms with Crippen molar-refractivity contribution >= 4 is 47.0 Å². The van der Waals surface area contributed by atoms with Crippen molar-refractivity contribution in [1.82, 2.24) is 4.90 Å². The van der Waals surface area contributed by atoms with E-state index >= 15 is 0 Å². The van der Waals surface area contributed by atoms with Crippen molar-refractivity contribution in [2.24, 2.45) is 17.8 Å². The minimum Gasteiger partial charge on any atom is -0.507 e. The first-order chi connectivity index (χ1) is 16.7. The van der Waals surface area contributed by atoms with E-state index in [9.17, 15) is 24.5 Å². The molecule has 0 aromatic heterocycles. The van der Waals surface area contributed by atoms with Gasteiger partial charge < -0.3 is 19.5 Å². The summed E-state index contributed by atoms with van der Waals surface area (Å²) in [5, 5.41) is 20.7. The number of likely N-dealkylation sites (tertiary alicyclic amines) is 1. The molecular formula is C25H29BBrNO7. The van der Waals surface area contributed by atoms with Crippen molar-refractivity contribution in [2.45, 2.75) is 52.0 Å². The number of aromatic hydroxyl groups is 1. The molecule has 2 saturated heterocycles.